The van der Waals surface area contributed by atoms with E-state index in [0.717, 1.165) is 37.5 Å². The van der Waals surface area contributed by atoms with E-state index in [4.69, 9.17) is 0 Å². The van der Waals surface area contributed by atoms with Crippen LogP contribution >= 0.6 is 0 Å². The summed E-state index contributed by atoms with van der Waals surface area (Å²) in [4.78, 5) is 10.4. The molecular formula is C14H21NO5S. The van der Waals surface area contributed by atoms with Crippen molar-refractivity contribution in [3.63, 3.8) is 0 Å². The van der Waals surface area contributed by atoms with Crippen LogP contribution in [0.15, 0.2) is 18.2 Å². The molecule has 6 nitrogen and oxygen atoms in total. The molecule has 0 N–H and O–H groups in total. The third kappa shape index (κ3) is 6.57. The number of hydrogen-bond acceptors (Lipinski definition) is 5. The zero-order chi connectivity index (χ0) is 15.9. The van der Waals surface area contributed by atoms with Crippen LogP contribution in [0.5, 0.6) is 5.75 Å². The van der Waals surface area contributed by atoms with Gasteiger partial charge in [0.15, 0.2) is 0 Å². The lowest BCUT2D eigenvalue weighted by Crippen LogP contribution is -2.07. The zero-order valence-electron chi connectivity index (χ0n) is 12.4. The molecule has 0 unspecified atom stereocenters. The molecule has 0 aliphatic carbocycles. The van der Waals surface area contributed by atoms with Crippen molar-refractivity contribution in [2.24, 2.45) is 0 Å². The molecule has 0 amide bonds. The zero-order valence-corrected chi connectivity index (χ0v) is 13.2. The minimum atomic E-state index is -3.78. The topological polar surface area (TPSA) is 86.5 Å². The van der Waals surface area contributed by atoms with Gasteiger partial charge in [0.05, 0.1) is 11.2 Å². The molecule has 118 valence electrons. The Hall–Kier alpha value is -1.63. The van der Waals surface area contributed by atoms with E-state index in [1.807, 2.05) is 0 Å². The first-order valence-corrected chi connectivity index (χ1v) is 8.82. The highest BCUT2D eigenvalue weighted by molar-refractivity contribution is 7.86. The first-order valence-electron chi connectivity index (χ1n) is 7.00. The minimum Gasteiger partial charge on any atom is -0.375 e. The SMILES string of the molecule is CCCCCCCc1ccc(OS(C)(=O)=O)c([N+](=O)[O-])c1. The van der Waals surface area contributed by atoms with Gasteiger partial charge < -0.3 is 4.18 Å². The Labute approximate surface area is 125 Å². The summed E-state index contributed by atoms with van der Waals surface area (Å²) in [6, 6.07) is 4.41. The third-order valence-corrected chi connectivity index (χ3v) is 3.51. The second-order valence-electron chi connectivity index (χ2n) is 5.01. The van der Waals surface area contributed by atoms with Crippen molar-refractivity contribution in [2.45, 2.75) is 45.4 Å². The Morgan fingerprint density at radius 3 is 2.43 bits per heavy atom. The van der Waals surface area contributed by atoms with Gasteiger partial charge in [-0.3, -0.25) is 10.1 Å². The molecular weight excluding hydrogens is 294 g/mol. The van der Waals surface area contributed by atoms with Gasteiger partial charge in [-0.15, -0.1) is 0 Å². The van der Waals surface area contributed by atoms with Crippen LogP contribution in [0.3, 0.4) is 0 Å². The number of nitro groups is 1. The monoisotopic (exact) mass is 315 g/mol. The number of unbranched alkanes of at least 4 members (excludes halogenated alkanes) is 4. The molecule has 7 heteroatoms. The van der Waals surface area contributed by atoms with Crippen LogP contribution in [-0.4, -0.2) is 19.6 Å². The first-order chi connectivity index (χ1) is 9.83. The van der Waals surface area contributed by atoms with Crippen molar-refractivity contribution in [3.8, 4) is 5.75 Å². The smallest absolute Gasteiger partial charge is 0.312 e. The van der Waals surface area contributed by atoms with Crippen molar-refractivity contribution in [2.75, 3.05) is 6.26 Å². The van der Waals surface area contributed by atoms with Gasteiger partial charge in [-0.1, -0.05) is 38.7 Å². The molecule has 21 heavy (non-hydrogen) atoms. The van der Waals surface area contributed by atoms with Crippen molar-refractivity contribution >= 4 is 15.8 Å². The average Bonchev–Trinajstić information content (AvgIpc) is 2.38. The lowest BCUT2D eigenvalue weighted by molar-refractivity contribution is -0.385. The van der Waals surface area contributed by atoms with Crippen LogP contribution in [0.4, 0.5) is 5.69 Å². The fraction of sp³-hybridized carbons (Fsp3) is 0.571. The largest absolute Gasteiger partial charge is 0.375 e. The van der Waals surface area contributed by atoms with Gasteiger partial charge in [-0.05, 0) is 24.5 Å². The molecule has 0 saturated carbocycles. The van der Waals surface area contributed by atoms with Gasteiger partial charge in [0.1, 0.15) is 0 Å². The highest BCUT2D eigenvalue weighted by Crippen LogP contribution is 2.29. The number of hydrogen-bond donors (Lipinski definition) is 0. The lowest BCUT2D eigenvalue weighted by atomic mass is 10.0. The molecule has 0 saturated heterocycles. The molecule has 0 aliphatic rings. The van der Waals surface area contributed by atoms with Gasteiger partial charge in [-0.25, -0.2) is 0 Å². The van der Waals surface area contributed by atoms with E-state index < -0.39 is 15.0 Å². The Balaban J connectivity index is 2.76. The molecule has 1 aromatic rings. The summed E-state index contributed by atoms with van der Waals surface area (Å²) in [6.45, 7) is 2.14. The maximum absolute atomic E-state index is 11.1. The molecule has 0 aromatic heterocycles. The van der Waals surface area contributed by atoms with Crippen molar-refractivity contribution in [1.29, 1.82) is 0 Å². The quantitative estimate of drug-likeness (QED) is 0.301. The molecule has 0 radical (unpaired) electrons. The van der Waals surface area contributed by atoms with Gasteiger partial charge >= 0.3 is 15.8 Å². The predicted octanol–water partition coefficient (Wildman–Crippen LogP) is 3.45. The Morgan fingerprint density at radius 2 is 1.86 bits per heavy atom. The van der Waals surface area contributed by atoms with E-state index in [9.17, 15) is 18.5 Å². The van der Waals surface area contributed by atoms with Crippen molar-refractivity contribution in [3.05, 3.63) is 33.9 Å². The Morgan fingerprint density at radius 1 is 1.19 bits per heavy atom. The summed E-state index contributed by atoms with van der Waals surface area (Å²) in [6.07, 6.45) is 7.17. The number of benzene rings is 1. The third-order valence-electron chi connectivity index (χ3n) is 3.03. The number of rotatable bonds is 9. The van der Waals surface area contributed by atoms with Crippen molar-refractivity contribution < 1.29 is 17.5 Å². The van der Waals surface area contributed by atoms with E-state index in [1.165, 1.54) is 25.0 Å². The molecule has 1 aromatic carbocycles. The van der Waals surface area contributed by atoms with Gasteiger partial charge in [0.2, 0.25) is 5.75 Å². The minimum absolute atomic E-state index is 0.239. The molecule has 0 aliphatic heterocycles. The van der Waals surface area contributed by atoms with Crippen LogP contribution in [0.2, 0.25) is 0 Å². The summed E-state index contributed by atoms with van der Waals surface area (Å²) < 4.78 is 26.8. The number of nitro benzene ring substituents is 1. The summed E-state index contributed by atoms with van der Waals surface area (Å²) in [5.74, 6) is -0.239. The molecule has 0 bridgehead atoms. The van der Waals surface area contributed by atoms with Crippen LogP contribution in [0.25, 0.3) is 0 Å². The van der Waals surface area contributed by atoms with Gasteiger partial charge in [0.25, 0.3) is 0 Å². The fourth-order valence-corrected chi connectivity index (χ4v) is 2.49. The molecule has 0 atom stereocenters. The lowest BCUT2D eigenvalue weighted by Gasteiger charge is -2.06. The standard InChI is InChI=1S/C14H21NO5S/c1-3-4-5-6-7-8-12-9-10-14(20-21(2,18)19)13(11-12)15(16)17/h9-11H,3-8H2,1-2H3. The van der Waals surface area contributed by atoms with Crippen LogP contribution in [0.1, 0.15) is 44.6 Å². The predicted molar refractivity (Wildman–Crippen MR) is 81.0 cm³/mol. The van der Waals surface area contributed by atoms with E-state index in [1.54, 1.807) is 6.07 Å². The molecule has 0 spiro atoms. The molecule has 0 fully saturated rings. The van der Waals surface area contributed by atoms with Crippen LogP contribution in [-0.2, 0) is 16.5 Å². The summed E-state index contributed by atoms with van der Waals surface area (Å²) in [7, 11) is -3.78. The van der Waals surface area contributed by atoms with E-state index >= 15 is 0 Å². The number of aryl methyl sites for hydroxylation is 1. The summed E-state index contributed by atoms with van der Waals surface area (Å²) in [5, 5.41) is 11.0. The van der Waals surface area contributed by atoms with Gasteiger partial charge in [-0.2, -0.15) is 8.42 Å². The van der Waals surface area contributed by atoms with E-state index in [0.29, 0.717) is 0 Å². The Kier molecular flexibility index (Phi) is 6.61. The highest BCUT2D eigenvalue weighted by Gasteiger charge is 2.19. The fourth-order valence-electron chi connectivity index (χ4n) is 2.03. The second kappa shape index (κ2) is 7.97. The maximum atomic E-state index is 11.1. The number of nitrogens with zero attached hydrogens (tertiary/aromatic N) is 1. The Bertz CT molecular complexity index is 583. The van der Waals surface area contributed by atoms with Crippen molar-refractivity contribution in [1.82, 2.24) is 0 Å². The summed E-state index contributed by atoms with van der Waals surface area (Å²) in [5.41, 5.74) is 0.505. The first kappa shape index (κ1) is 17.4. The van der Waals surface area contributed by atoms with E-state index in [2.05, 4.69) is 11.1 Å². The molecule has 0 heterocycles. The van der Waals surface area contributed by atoms with Crippen LogP contribution in [0, 0.1) is 10.1 Å². The van der Waals surface area contributed by atoms with Crippen LogP contribution < -0.4 is 4.18 Å². The highest BCUT2D eigenvalue weighted by atomic mass is 32.2. The maximum Gasteiger partial charge on any atom is 0.312 e. The van der Waals surface area contributed by atoms with Gasteiger partial charge in [0, 0.05) is 6.07 Å². The van der Waals surface area contributed by atoms with E-state index in [-0.39, 0.29) is 11.4 Å². The summed E-state index contributed by atoms with van der Waals surface area (Å²) >= 11 is 0. The normalized spacial score (nSPS) is 11.3. The second-order valence-corrected chi connectivity index (χ2v) is 6.59. The average molecular weight is 315 g/mol. The molecule has 1 rings (SSSR count).